The van der Waals surface area contributed by atoms with Crippen molar-refractivity contribution in [3.63, 3.8) is 0 Å². The Balaban J connectivity index is 0.00000500. The normalized spacial score (nSPS) is 13.6. The number of carbonyl (C=O) groups is 2. The van der Waals surface area contributed by atoms with Gasteiger partial charge in [0.1, 0.15) is 34.7 Å². The first kappa shape index (κ1) is 36.3. The summed E-state index contributed by atoms with van der Waals surface area (Å²) < 4.78 is 83.3. The van der Waals surface area contributed by atoms with Gasteiger partial charge in [0.25, 0.3) is 10.4 Å². The van der Waals surface area contributed by atoms with E-state index in [1.807, 2.05) is 0 Å². The topological polar surface area (TPSA) is 185 Å². The van der Waals surface area contributed by atoms with E-state index in [9.17, 15) is 22.6 Å². The van der Waals surface area contributed by atoms with Gasteiger partial charge >= 0.3 is 41.5 Å². The number of morpholine rings is 1. The molecular formula is C30H32NNaO14S. The Hall–Kier alpha value is -3.51. The van der Waals surface area contributed by atoms with E-state index >= 15 is 0 Å². The maximum atomic E-state index is 13.1. The Morgan fingerprint density at radius 1 is 0.809 bits per heavy atom. The van der Waals surface area contributed by atoms with E-state index < -0.39 is 28.1 Å². The molecule has 0 bridgehead atoms. The van der Waals surface area contributed by atoms with Crippen LogP contribution in [0.4, 0.5) is 0 Å². The Labute approximate surface area is 292 Å². The molecule has 0 unspecified atom stereocenters. The summed E-state index contributed by atoms with van der Waals surface area (Å²) in [6.07, 6.45) is 0. The predicted octanol–water partition coefficient (Wildman–Crippen LogP) is 0.804. The summed E-state index contributed by atoms with van der Waals surface area (Å²) in [6, 6.07) is 5.55. The molecule has 1 saturated heterocycles. The van der Waals surface area contributed by atoms with Gasteiger partial charge < -0.3 is 46.0 Å². The SMILES string of the molecule is CCOC(=O)c1c(COc2cc3c(C(=O)OCC)c(CN4CCOCC4)oc3cc2OC)oc2cc(OC)c(OS(=O)(=O)[O-])cc12.[Na+]. The molecular weight excluding hydrogens is 653 g/mol. The second kappa shape index (κ2) is 15.6. The zero-order valence-electron chi connectivity index (χ0n) is 26.5. The van der Waals surface area contributed by atoms with Crippen LogP contribution in [-0.4, -0.2) is 83.5 Å². The van der Waals surface area contributed by atoms with E-state index in [0.29, 0.717) is 49.6 Å². The third kappa shape index (κ3) is 8.14. The Kier molecular flexibility index (Phi) is 12.1. The van der Waals surface area contributed by atoms with E-state index in [1.54, 1.807) is 26.0 Å². The van der Waals surface area contributed by atoms with Crippen LogP contribution in [0.2, 0.25) is 0 Å². The third-order valence-corrected chi connectivity index (χ3v) is 7.46. The van der Waals surface area contributed by atoms with Crippen molar-refractivity contribution in [2.45, 2.75) is 27.0 Å². The number of fused-ring (bicyclic) bond motifs is 2. The van der Waals surface area contributed by atoms with Crippen LogP contribution in [0.25, 0.3) is 21.9 Å². The summed E-state index contributed by atoms with van der Waals surface area (Å²) in [6.45, 7) is 5.98. The van der Waals surface area contributed by atoms with Crippen molar-refractivity contribution in [1.29, 1.82) is 0 Å². The van der Waals surface area contributed by atoms with Crippen LogP contribution in [0.5, 0.6) is 23.0 Å². The molecule has 0 aliphatic carbocycles. The van der Waals surface area contributed by atoms with Gasteiger partial charge in [0.2, 0.25) is 0 Å². The zero-order chi connectivity index (χ0) is 33.0. The number of methoxy groups -OCH3 is 2. The van der Waals surface area contributed by atoms with Gasteiger partial charge in [0.05, 0.1) is 47.2 Å². The number of hydrogen-bond acceptors (Lipinski definition) is 15. The second-order valence-electron chi connectivity index (χ2n) is 9.91. The molecule has 1 fully saturated rings. The van der Waals surface area contributed by atoms with Gasteiger partial charge in [-0.25, -0.2) is 18.0 Å². The van der Waals surface area contributed by atoms with Crippen LogP contribution in [0, 0.1) is 0 Å². The fourth-order valence-corrected chi connectivity index (χ4v) is 5.44. The van der Waals surface area contributed by atoms with E-state index in [-0.39, 0.29) is 94.5 Å². The summed E-state index contributed by atoms with van der Waals surface area (Å²) in [4.78, 5) is 28.3. The standard InChI is InChI=1S/C30H33NO14S.Na/c1-5-40-29(32)27-17-11-23(21(37-3)13-19(17)43-25(27)15-31-7-9-39-10-8-31)42-16-26-28(30(33)41-6-2)18-12-24(45-46(34,35)36)22(38-4)14-20(18)44-26;/h11-14H,5-10,15-16H2,1-4H3,(H,34,35,36);/q;+1/p-1. The van der Waals surface area contributed by atoms with Crippen molar-refractivity contribution in [1.82, 2.24) is 4.90 Å². The van der Waals surface area contributed by atoms with Crippen molar-refractivity contribution in [2.24, 2.45) is 0 Å². The second-order valence-corrected chi connectivity index (χ2v) is 10.9. The maximum Gasteiger partial charge on any atom is 1.00 e. The van der Waals surface area contributed by atoms with Gasteiger partial charge in [-0.15, -0.1) is 0 Å². The average molecular weight is 686 g/mol. The summed E-state index contributed by atoms with van der Waals surface area (Å²) in [5.74, 6) is -1.06. The summed E-state index contributed by atoms with van der Waals surface area (Å²) in [7, 11) is -2.50. The van der Waals surface area contributed by atoms with Gasteiger partial charge in [0, 0.05) is 36.0 Å². The molecule has 3 heterocycles. The minimum atomic E-state index is -5.17. The number of furan rings is 2. The van der Waals surface area contributed by atoms with Gasteiger partial charge in [0.15, 0.2) is 28.8 Å². The van der Waals surface area contributed by atoms with Gasteiger partial charge in [-0.3, -0.25) is 4.90 Å². The maximum absolute atomic E-state index is 13.1. The molecule has 2 aromatic carbocycles. The number of carbonyl (C=O) groups excluding carboxylic acids is 2. The zero-order valence-corrected chi connectivity index (χ0v) is 29.4. The first-order valence-electron chi connectivity index (χ1n) is 14.3. The molecule has 248 valence electrons. The average Bonchev–Trinajstić information content (AvgIpc) is 3.55. The molecule has 1 aliphatic rings. The van der Waals surface area contributed by atoms with Crippen LogP contribution in [0.1, 0.15) is 46.1 Å². The third-order valence-electron chi connectivity index (χ3n) is 7.07. The summed E-state index contributed by atoms with van der Waals surface area (Å²) >= 11 is 0. The quantitative estimate of drug-likeness (QED) is 0.0832. The fourth-order valence-electron chi connectivity index (χ4n) is 5.09. The van der Waals surface area contributed by atoms with Crippen molar-refractivity contribution in [2.75, 3.05) is 53.7 Å². The first-order valence-corrected chi connectivity index (χ1v) is 15.6. The van der Waals surface area contributed by atoms with E-state index in [4.69, 9.17) is 37.3 Å². The Bertz CT molecular complexity index is 1860. The molecule has 0 atom stereocenters. The Morgan fingerprint density at radius 3 is 1.85 bits per heavy atom. The number of rotatable bonds is 13. The molecule has 15 nitrogen and oxygen atoms in total. The van der Waals surface area contributed by atoms with Crippen molar-refractivity contribution in [3.05, 3.63) is 46.9 Å². The largest absolute Gasteiger partial charge is 1.00 e. The molecule has 4 aromatic rings. The smallest absolute Gasteiger partial charge is 0.716 e. The van der Waals surface area contributed by atoms with Gasteiger partial charge in [-0.05, 0) is 26.0 Å². The molecule has 1 aliphatic heterocycles. The number of hydrogen-bond donors (Lipinski definition) is 0. The predicted molar refractivity (Wildman–Crippen MR) is 158 cm³/mol. The number of nitrogens with zero attached hydrogens (tertiary/aromatic N) is 1. The van der Waals surface area contributed by atoms with E-state index in [2.05, 4.69) is 9.08 Å². The summed E-state index contributed by atoms with van der Waals surface area (Å²) in [5, 5.41) is 0.518. The van der Waals surface area contributed by atoms with Crippen molar-refractivity contribution < 1.29 is 93.6 Å². The minimum absolute atomic E-state index is 0. The van der Waals surface area contributed by atoms with Crippen LogP contribution in [0.15, 0.2) is 33.1 Å². The molecule has 0 amide bonds. The monoisotopic (exact) mass is 685 g/mol. The number of benzene rings is 2. The first-order chi connectivity index (χ1) is 22.1. The van der Waals surface area contributed by atoms with E-state index in [0.717, 1.165) is 6.07 Å². The van der Waals surface area contributed by atoms with Crippen LogP contribution >= 0.6 is 0 Å². The van der Waals surface area contributed by atoms with Crippen LogP contribution in [-0.2, 0) is 37.8 Å². The Morgan fingerprint density at radius 2 is 1.32 bits per heavy atom. The summed E-state index contributed by atoms with van der Waals surface area (Å²) in [5.41, 5.74) is 0.638. The van der Waals surface area contributed by atoms with Crippen LogP contribution < -0.4 is 48.0 Å². The molecule has 0 N–H and O–H groups in total. The molecule has 2 aromatic heterocycles. The van der Waals surface area contributed by atoms with Crippen molar-refractivity contribution >= 4 is 44.3 Å². The van der Waals surface area contributed by atoms with Gasteiger partial charge in [-0.1, -0.05) is 0 Å². The van der Waals surface area contributed by atoms with Crippen LogP contribution in [0.3, 0.4) is 0 Å². The molecule has 0 radical (unpaired) electrons. The van der Waals surface area contributed by atoms with Gasteiger partial charge in [-0.2, -0.15) is 0 Å². The molecule has 17 heteroatoms. The number of esters is 2. The fraction of sp³-hybridized carbons (Fsp3) is 0.400. The molecule has 5 rings (SSSR count). The molecule has 0 spiro atoms. The van der Waals surface area contributed by atoms with E-state index in [1.165, 1.54) is 20.3 Å². The molecule has 47 heavy (non-hydrogen) atoms. The molecule has 0 saturated carbocycles. The minimum Gasteiger partial charge on any atom is -0.716 e. The number of ether oxygens (including phenoxy) is 6. The van der Waals surface area contributed by atoms with Crippen molar-refractivity contribution in [3.8, 4) is 23.0 Å².